The molecule has 0 spiro atoms. The number of aromatic nitrogens is 1. The third-order valence-corrected chi connectivity index (χ3v) is 3.55. The van der Waals surface area contributed by atoms with Gasteiger partial charge in [0.05, 0.1) is 0 Å². The third kappa shape index (κ3) is 1.60. The first-order chi connectivity index (χ1) is 7.34. The van der Waals surface area contributed by atoms with Crippen LogP contribution < -0.4 is 5.32 Å². The summed E-state index contributed by atoms with van der Waals surface area (Å²) in [6.07, 6.45) is 2.24. The van der Waals surface area contributed by atoms with E-state index in [2.05, 4.69) is 44.4 Å². The van der Waals surface area contributed by atoms with Crippen LogP contribution in [0.2, 0.25) is 0 Å². The third-order valence-electron chi connectivity index (χ3n) is 3.06. The topological polar surface area (TPSA) is 27.8 Å². The van der Waals surface area contributed by atoms with Gasteiger partial charge in [0, 0.05) is 34.0 Å². The van der Waals surface area contributed by atoms with Crippen molar-refractivity contribution in [3.63, 3.8) is 0 Å². The Morgan fingerprint density at radius 2 is 2.00 bits per heavy atom. The number of halogens is 1. The van der Waals surface area contributed by atoms with Crippen molar-refractivity contribution in [1.82, 2.24) is 10.3 Å². The van der Waals surface area contributed by atoms with Gasteiger partial charge in [0.15, 0.2) is 0 Å². The Bertz CT molecular complexity index is 502. The Hall–Kier alpha value is -0.800. The molecule has 1 aromatic carbocycles. The molecule has 2 aromatic rings. The number of hydrogen-bond donors (Lipinski definition) is 2. The van der Waals surface area contributed by atoms with Gasteiger partial charge in [-0.05, 0) is 36.7 Å². The van der Waals surface area contributed by atoms with Crippen LogP contribution in [0.3, 0.4) is 0 Å². The first kappa shape index (κ1) is 9.43. The van der Waals surface area contributed by atoms with Crippen molar-refractivity contribution >= 4 is 26.8 Å². The Kier molecular flexibility index (Phi) is 2.29. The first-order valence-electron chi connectivity index (χ1n) is 5.34. The summed E-state index contributed by atoms with van der Waals surface area (Å²) in [7, 11) is 0. The van der Waals surface area contributed by atoms with Gasteiger partial charge in [-0.25, -0.2) is 0 Å². The summed E-state index contributed by atoms with van der Waals surface area (Å²) in [5, 5.41) is 4.81. The second-order valence-electron chi connectivity index (χ2n) is 4.02. The molecule has 2 heterocycles. The van der Waals surface area contributed by atoms with E-state index in [0.717, 1.165) is 30.4 Å². The van der Waals surface area contributed by atoms with E-state index in [9.17, 15) is 0 Å². The van der Waals surface area contributed by atoms with E-state index in [1.54, 1.807) is 0 Å². The highest BCUT2D eigenvalue weighted by atomic mass is 79.9. The van der Waals surface area contributed by atoms with Gasteiger partial charge in [-0.15, -0.1) is 0 Å². The molecule has 0 saturated heterocycles. The van der Waals surface area contributed by atoms with Crippen molar-refractivity contribution < 1.29 is 0 Å². The van der Waals surface area contributed by atoms with Gasteiger partial charge in [0.25, 0.3) is 0 Å². The highest BCUT2D eigenvalue weighted by Gasteiger charge is 2.13. The van der Waals surface area contributed by atoms with Crippen molar-refractivity contribution in [1.29, 1.82) is 0 Å². The minimum absolute atomic E-state index is 1.08. The Morgan fingerprint density at radius 3 is 2.93 bits per heavy atom. The van der Waals surface area contributed by atoms with E-state index in [4.69, 9.17) is 0 Å². The van der Waals surface area contributed by atoms with E-state index in [1.165, 1.54) is 22.2 Å². The van der Waals surface area contributed by atoms with Gasteiger partial charge < -0.3 is 10.3 Å². The highest BCUT2D eigenvalue weighted by Crippen LogP contribution is 2.27. The van der Waals surface area contributed by atoms with E-state index in [0.29, 0.717) is 0 Å². The molecule has 78 valence electrons. The van der Waals surface area contributed by atoms with Gasteiger partial charge in [-0.3, -0.25) is 0 Å². The molecule has 3 heteroatoms. The SMILES string of the molecule is Brc1ccc2[nH]c3c(c2c1)CCNCC3. The molecule has 15 heavy (non-hydrogen) atoms. The van der Waals surface area contributed by atoms with Gasteiger partial charge in [-0.2, -0.15) is 0 Å². The lowest BCUT2D eigenvalue weighted by Crippen LogP contribution is -2.16. The fourth-order valence-corrected chi connectivity index (χ4v) is 2.69. The van der Waals surface area contributed by atoms with Crippen molar-refractivity contribution in [2.75, 3.05) is 13.1 Å². The largest absolute Gasteiger partial charge is 0.358 e. The van der Waals surface area contributed by atoms with E-state index in [1.807, 2.05) is 0 Å². The number of fused-ring (bicyclic) bond motifs is 3. The lowest BCUT2D eigenvalue weighted by Gasteiger charge is -1.98. The quantitative estimate of drug-likeness (QED) is 0.753. The van der Waals surface area contributed by atoms with Crippen LogP contribution in [0, 0.1) is 0 Å². The fourth-order valence-electron chi connectivity index (χ4n) is 2.33. The molecule has 1 aliphatic rings. The molecule has 0 saturated carbocycles. The molecule has 1 aromatic heterocycles. The fraction of sp³-hybridized carbons (Fsp3) is 0.333. The maximum Gasteiger partial charge on any atom is 0.0459 e. The second-order valence-corrected chi connectivity index (χ2v) is 4.94. The van der Waals surface area contributed by atoms with Crippen LogP contribution in [-0.2, 0) is 12.8 Å². The molecule has 2 nitrogen and oxygen atoms in total. The molecule has 3 rings (SSSR count). The molecule has 0 radical (unpaired) electrons. The zero-order valence-electron chi connectivity index (χ0n) is 8.44. The molecule has 0 unspecified atom stereocenters. The van der Waals surface area contributed by atoms with Crippen molar-refractivity contribution in [3.05, 3.63) is 33.9 Å². The predicted octanol–water partition coefficient (Wildman–Crippen LogP) is 2.62. The number of benzene rings is 1. The molecule has 0 atom stereocenters. The number of rotatable bonds is 0. The van der Waals surface area contributed by atoms with E-state index in [-0.39, 0.29) is 0 Å². The second kappa shape index (κ2) is 3.65. The van der Waals surface area contributed by atoms with Gasteiger partial charge in [-0.1, -0.05) is 15.9 Å². The van der Waals surface area contributed by atoms with Crippen LogP contribution in [0.5, 0.6) is 0 Å². The summed E-state index contributed by atoms with van der Waals surface area (Å²) in [6, 6.07) is 6.47. The number of aromatic amines is 1. The summed E-state index contributed by atoms with van der Waals surface area (Å²) >= 11 is 3.53. The summed E-state index contributed by atoms with van der Waals surface area (Å²) in [5.74, 6) is 0. The molecular weight excluding hydrogens is 252 g/mol. The molecule has 1 aliphatic heterocycles. The minimum atomic E-state index is 1.08. The van der Waals surface area contributed by atoms with Crippen LogP contribution in [0.15, 0.2) is 22.7 Å². The predicted molar refractivity (Wildman–Crippen MR) is 66.3 cm³/mol. The standard InChI is InChI=1S/C12H13BrN2/c13-8-1-2-11-10(7-8)9-3-5-14-6-4-12(9)15-11/h1-2,7,14-15H,3-6H2. The maximum absolute atomic E-state index is 3.53. The van der Waals surface area contributed by atoms with Crippen molar-refractivity contribution in [3.8, 4) is 0 Å². The van der Waals surface area contributed by atoms with Crippen LogP contribution >= 0.6 is 15.9 Å². The maximum atomic E-state index is 3.53. The average molecular weight is 265 g/mol. The summed E-state index contributed by atoms with van der Waals surface area (Å²) in [5.41, 5.74) is 4.18. The minimum Gasteiger partial charge on any atom is -0.358 e. The zero-order valence-corrected chi connectivity index (χ0v) is 10.0. The van der Waals surface area contributed by atoms with Crippen LogP contribution in [0.25, 0.3) is 10.9 Å². The smallest absolute Gasteiger partial charge is 0.0459 e. The van der Waals surface area contributed by atoms with Gasteiger partial charge >= 0.3 is 0 Å². The lowest BCUT2D eigenvalue weighted by atomic mass is 10.1. The normalized spacial score (nSPS) is 16.3. The van der Waals surface area contributed by atoms with Crippen LogP contribution in [0.1, 0.15) is 11.3 Å². The summed E-state index contributed by atoms with van der Waals surface area (Å²) in [4.78, 5) is 3.52. The van der Waals surface area contributed by atoms with Crippen LogP contribution in [-0.4, -0.2) is 18.1 Å². The first-order valence-corrected chi connectivity index (χ1v) is 6.13. The van der Waals surface area contributed by atoms with Gasteiger partial charge in [0.1, 0.15) is 0 Å². The lowest BCUT2D eigenvalue weighted by molar-refractivity contribution is 0.708. The van der Waals surface area contributed by atoms with Gasteiger partial charge in [0.2, 0.25) is 0 Å². The highest BCUT2D eigenvalue weighted by molar-refractivity contribution is 9.10. The Morgan fingerprint density at radius 1 is 1.13 bits per heavy atom. The number of hydrogen-bond acceptors (Lipinski definition) is 1. The van der Waals surface area contributed by atoms with E-state index < -0.39 is 0 Å². The zero-order chi connectivity index (χ0) is 10.3. The molecular formula is C12H13BrN2. The molecule has 0 fully saturated rings. The summed E-state index contributed by atoms with van der Waals surface area (Å²) < 4.78 is 1.16. The molecule has 2 N–H and O–H groups in total. The summed E-state index contributed by atoms with van der Waals surface area (Å²) in [6.45, 7) is 2.17. The number of H-pyrrole nitrogens is 1. The Balaban J connectivity index is 2.24. The number of nitrogens with one attached hydrogen (secondary N) is 2. The molecule has 0 amide bonds. The van der Waals surface area contributed by atoms with E-state index >= 15 is 0 Å². The Labute approximate surface area is 97.2 Å². The van der Waals surface area contributed by atoms with Crippen molar-refractivity contribution in [2.45, 2.75) is 12.8 Å². The monoisotopic (exact) mass is 264 g/mol. The molecule has 0 bridgehead atoms. The van der Waals surface area contributed by atoms with Crippen molar-refractivity contribution in [2.24, 2.45) is 0 Å². The van der Waals surface area contributed by atoms with Crippen LogP contribution in [0.4, 0.5) is 0 Å². The average Bonchev–Trinajstić information content (AvgIpc) is 2.44. The molecule has 0 aliphatic carbocycles.